The Morgan fingerprint density at radius 2 is 2.07 bits per heavy atom. The Hall–Kier alpha value is -2.60. The number of carbonyl (C=O) groups is 1. The Morgan fingerprint density at radius 3 is 2.78 bits per heavy atom. The number of benzene rings is 1. The normalized spacial score (nSPS) is 19.9. The molecular formula is C21H24N2O4. The van der Waals surface area contributed by atoms with E-state index in [1.54, 1.807) is 7.11 Å². The monoisotopic (exact) mass is 368 g/mol. The van der Waals surface area contributed by atoms with Crippen molar-refractivity contribution in [2.75, 3.05) is 20.2 Å². The number of hydrogen-bond donors (Lipinski definition) is 0. The molecule has 1 amide bonds. The van der Waals surface area contributed by atoms with Crippen molar-refractivity contribution in [3.63, 3.8) is 0 Å². The minimum atomic E-state index is -0.0837. The van der Waals surface area contributed by atoms with Crippen LogP contribution in [0.5, 0.6) is 0 Å². The first-order valence-corrected chi connectivity index (χ1v) is 9.20. The second kappa shape index (κ2) is 6.85. The lowest BCUT2D eigenvalue weighted by Gasteiger charge is -2.14. The van der Waals surface area contributed by atoms with Crippen LogP contribution in [0.1, 0.15) is 33.1 Å². The van der Waals surface area contributed by atoms with Crippen molar-refractivity contribution in [2.45, 2.75) is 33.3 Å². The first-order chi connectivity index (χ1) is 13.0. The number of carbonyl (C=O) groups excluding carboxylic acids is 1. The number of aryl methyl sites for hydroxylation is 3. The van der Waals surface area contributed by atoms with Gasteiger partial charge in [-0.3, -0.25) is 4.79 Å². The van der Waals surface area contributed by atoms with Gasteiger partial charge in [0.05, 0.1) is 11.8 Å². The van der Waals surface area contributed by atoms with Gasteiger partial charge in [-0.1, -0.05) is 16.8 Å². The van der Waals surface area contributed by atoms with E-state index in [1.165, 1.54) is 0 Å². The van der Waals surface area contributed by atoms with Gasteiger partial charge in [0, 0.05) is 49.6 Å². The molecule has 1 aromatic carbocycles. The van der Waals surface area contributed by atoms with Gasteiger partial charge in [0.15, 0.2) is 5.76 Å². The number of furan rings is 1. The third-order valence-electron chi connectivity index (χ3n) is 5.40. The van der Waals surface area contributed by atoms with Crippen LogP contribution >= 0.6 is 0 Å². The van der Waals surface area contributed by atoms with Crippen molar-refractivity contribution in [2.24, 2.45) is 5.92 Å². The molecule has 4 rings (SSSR count). The Morgan fingerprint density at radius 1 is 1.26 bits per heavy atom. The standard InChI is InChI=1S/C21H24N2O4/c1-12-5-6-18-17(7-12)14(3)20(26-18)21(24)23-10-15(19(11-23)25-4)9-16-8-13(2)22-27-16/h5-8,15,19H,9-11H2,1-4H3/t15-,19+/m1/s1. The highest BCUT2D eigenvalue weighted by atomic mass is 16.5. The summed E-state index contributed by atoms with van der Waals surface area (Å²) in [7, 11) is 1.69. The zero-order valence-electron chi connectivity index (χ0n) is 16.1. The molecule has 6 heteroatoms. The van der Waals surface area contributed by atoms with E-state index in [4.69, 9.17) is 13.7 Å². The summed E-state index contributed by atoms with van der Waals surface area (Å²) in [5, 5.41) is 4.94. The molecule has 0 bridgehead atoms. The average Bonchev–Trinajstić information content (AvgIpc) is 3.33. The van der Waals surface area contributed by atoms with Crippen LogP contribution in [0.4, 0.5) is 0 Å². The van der Waals surface area contributed by atoms with E-state index in [1.807, 2.05) is 43.9 Å². The van der Waals surface area contributed by atoms with Gasteiger partial charge in [-0.25, -0.2) is 0 Å². The maximum atomic E-state index is 13.1. The summed E-state index contributed by atoms with van der Waals surface area (Å²) in [6.45, 7) is 7.02. The minimum Gasteiger partial charge on any atom is -0.451 e. The lowest BCUT2D eigenvalue weighted by atomic mass is 10.0. The van der Waals surface area contributed by atoms with Crippen molar-refractivity contribution in [3.8, 4) is 0 Å². The summed E-state index contributed by atoms with van der Waals surface area (Å²) < 4.78 is 16.9. The third-order valence-corrected chi connectivity index (χ3v) is 5.40. The van der Waals surface area contributed by atoms with E-state index in [0.717, 1.165) is 33.6 Å². The van der Waals surface area contributed by atoms with Crippen molar-refractivity contribution in [3.05, 3.63) is 52.6 Å². The molecule has 0 radical (unpaired) electrons. The van der Waals surface area contributed by atoms with E-state index in [9.17, 15) is 4.79 Å². The van der Waals surface area contributed by atoms with Crippen LogP contribution in [0.3, 0.4) is 0 Å². The molecule has 3 heterocycles. The molecule has 142 valence electrons. The summed E-state index contributed by atoms with van der Waals surface area (Å²) in [5.41, 5.74) is 3.64. The fourth-order valence-electron chi connectivity index (χ4n) is 3.92. The Bertz CT molecular complexity index is 987. The van der Waals surface area contributed by atoms with Gasteiger partial charge < -0.3 is 18.6 Å². The Labute approximate surface area is 158 Å². The molecule has 1 aliphatic rings. The molecule has 0 spiro atoms. The molecule has 6 nitrogen and oxygen atoms in total. The van der Waals surface area contributed by atoms with Gasteiger partial charge in [0.1, 0.15) is 11.3 Å². The summed E-state index contributed by atoms with van der Waals surface area (Å²) in [6.07, 6.45) is 0.660. The third kappa shape index (κ3) is 3.25. The lowest BCUT2D eigenvalue weighted by Crippen LogP contribution is -2.30. The van der Waals surface area contributed by atoms with Crippen LogP contribution < -0.4 is 0 Å². The summed E-state index contributed by atoms with van der Waals surface area (Å²) in [5.74, 6) is 1.32. The summed E-state index contributed by atoms with van der Waals surface area (Å²) in [6, 6.07) is 7.90. The van der Waals surface area contributed by atoms with Gasteiger partial charge in [0.25, 0.3) is 5.91 Å². The number of amides is 1. The molecule has 3 aromatic rings. The zero-order chi connectivity index (χ0) is 19.1. The second-order valence-corrected chi connectivity index (χ2v) is 7.44. The highest BCUT2D eigenvalue weighted by Crippen LogP contribution is 2.30. The number of ether oxygens (including phenoxy) is 1. The van der Waals surface area contributed by atoms with Crippen LogP contribution in [0.25, 0.3) is 11.0 Å². The van der Waals surface area contributed by atoms with Gasteiger partial charge in [-0.15, -0.1) is 0 Å². The maximum Gasteiger partial charge on any atom is 0.289 e. The highest BCUT2D eigenvalue weighted by Gasteiger charge is 2.38. The van der Waals surface area contributed by atoms with Crippen molar-refractivity contribution in [1.82, 2.24) is 10.1 Å². The van der Waals surface area contributed by atoms with Crippen LogP contribution in [0.15, 0.2) is 33.2 Å². The van der Waals surface area contributed by atoms with E-state index >= 15 is 0 Å². The van der Waals surface area contributed by atoms with Crippen LogP contribution in [-0.2, 0) is 11.2 Å². The number of rotatable bonds is 4. The van der Waals surface area contributed by atoms with Crippen LogP contribution in [0, 0.1) is 26.7 Å². The van der Waals surface area contributed by atoms with Crippen molar-refractivity contribution >= 4 is 16.9 Å². The highest BCUT2D eigenvalue weighted by molar-refractivity contribution is 5.99. The van der Waals surface area contributed by atoms with Crippen molar-refractivity contribution < 1.29 is 18.5 Å². The number of likely N-dealkylation sites (tertiary alicyclic amines) is 1. The molecule has 1 aliphatic heterocycles. The number of hydrogen-bond acceptors (Lipinski definition) is 5. The maximum absolute atomic E-state index is 13.1. The SMILES string of the molecule is CO[C@H]1CN(C(=O)c2oc3ccc(C)cc3c2C)C[C@H]1Cc1cc(C)no1. The topological polar surface area (TPSA) is 68.7 Å². The molecule has 2 atom stereocenters. The molecule has 0 N–H and O–H groups in total. The fourth-order valence-corrected chi connectivity index (χ4v) is 3.92. The first kappa shape index (κ1) is 17.8. The predicted molar refractivity (Wildman–Crippen MR) is 101 cm³/mol. The number of methoxy groups -OCH3 is 1. The molecule has 2 aromatic heterocycles. The molecule has 27 heavy (non-hydrogen) atoms. The average molecular weight is 368 g/mol. The van der Waals surface area contributed by atoms with Crippen molar-refractivity contribution in [1.29, 1.82) is 0 Å². The van der Waals surface area contributed by atoms with Gasteiger partial charge in [0.2, 0.25) is 0 Å². The molecule has 0 unspecified atom stereocenters. The molecule has 0 aliphatic carbocycles. The van der Waals surface area contributed by atoms with Gasteiger partial charge in [-0.2, -0.15) is 0 Å². The smallest absolute Gasteiger partial charge is 0.289 e. The van der Waals surface area contributed by atoms with Crippen LogP contribution in [-0.4, -0.2) is 42.3 Å². The number of fused-ring (bicyclic) bond motifs is 1. The first-order valence-electron chi connectivity index (χ1n) is 9.20. The van der Waals surface area contributed by atoms with Crippen LogP contribution in [0.2, 0.25) is 0 Å². The lowest BCUT2D eigenvalue weighted by molar-refractivity contribution is 0.0654. The summed E-state index contributed by atoms with van der Waals surface area (Å²) >= 11 is 0. The number of aromatic nitrogens is 1. The zero-order valence-corrected chi connectivity index (χ0v) is 16.1. The van der Waals surface area contributed by atoms with E-state index in [0.29, 0.717) is 25.3 Å². The quantitative estimate of drug-likeness (QED) is 0.703. The summed E-state index contributed by atoms with van der Waals surface area (Å²) in [4.78, 5) is 14.9. The van der Waals surface area contributed by atoms with E-state index in [2.05, 4.69) is 11.2 Å². The Balaban J connectivity index is 1.56. The Kier molecular flexibility index (Phi) is 4.52. The molecule has 1 fully saturated rings. The largest absolute Gasteiger partial charge is 0.451 e. The van der Waals surface area contributed by atoms with Gasteiger partial charge >= 0.3 is 0 Å². The van der Waals surface area contributed by atoms with E-state index < -0.39 is 0 Å². The molecule has 1 saturated heterocycles. The van der Waals surface area contributed by atoms with Gasteiger partial charge in [-0.05, 0) is 32.9 Å². The predicted octanol–water partition coefficient (Wildman–Crippen LogP) is 3.68. The van der Waals surface area contributed by atoms with E-state index in [-0.39, 0.29) is 17.9 Å². The molecular weight excluding hydrogens is 344 g/mol. The number of nitrogens with zero attached hydrogens (tertiary/aromatic N) is 2. The molecule has 0 saturated carbocycles. The fraction of sp³-hybridized carbons (Fsp3) is 0.429. The minimum absolute atomic E-state index is 0.0358. The second-order valence-electron chi connectivity index (χ2n) is 7.44.